The second-order valence-corrected chi connectivity index (χ2v) is 9.49. The Balaban J connectivity index is 1.53. The topological polar surface area (TPSA) is 91.4 Å². The van der Waals surface area contributed by atoms with Crippen molar-refractivity contribution < 1.29 is 14.4 Å². The summed E-state index contributed by atoms with van der Waals surface area (Å²) in [6.45, 7) is 8.71. The number of hydrogen-bond donors (Lipinski definition) is 2. The fraction of sp³-hybridized carbons (Fsp3) is 0.455. The quantitative estimate of drug-likeness (QED) is 0.780. The van der Waals surface area contributed by atoms with Gasteiger partial charge in [-0.05, 0) is 64.8 Å². The molecule has 1 aromatic carbocycles. The Morgan fingerprint density at radius 2 is 1.67 bits per heavy atom. The van der Waals surface area contributed by atoms with Crippen molar-refractivity contribution in [2.45, 2.75) is 46.1 Å². The fourth-order valence-corrected chi connectivity index (χ4v) is 4.01. The zero-order valence-electron chi connectivity index (χ0n) is 17.8. The van der Waals surface area contributed by atoms with Gasteiger partial charge in [-0.2, -0.15) is 0 Å². The number of nitrogens with zero attached hydrogens (tertiary/aromatic N) is 2. The highest BCUT2D eigenvalue weighted by atomic mass is 32.1. The minimum absolute atomic E-state index is 0.0364. The number of rotatable bonds is 4. The lowest BCUT2D eigenvalue weighted by Gasteiger charge is -2.31. The molecule has 0 unspecified atom stereocenters. The molecule has 0 atom stereocenters. The van der Waals surface area contributed by atoms with Crippen molar-refractivity contribution in [3.63, 3.8) is 0 Å². The van der Waals surface area contributed by atoms with Gasteiger partial charge in [-0.25, -0.2) is 4.98 Å². The molecule has 2 aromatic rings. The van der Waals surface area contributed by atoms with Gasteiger partial charge in [-0.15, -0.1) is 11.3 Å². The maximum atomic E-state index is 12.8. The molecule has 7 nitrogen and oxygen atoms in total. The predicted octanol–water partition coefficient (Wildman–Crippen LogP) is 3.47. The van der Waals surface area contributed by atoms with E-state index in [0.29, 0.717) is 42.2 Å². The average Bonchev–Trinajstić information content (AvgIpc) is 3.11. The van der Waals surface area contributed by atoms with E-state index in [4.69, 9.17) is 0 Å². The Morgan fingerprint density at radius 1 is 1.07 bits per heavy atom. The summed E-state index contributed by atoms with van der Waals surface area (Å²) in [5.74, 6) is -0.400. The van der Waals surface area contributed by atoms with Gasteiger partial charge in [0, 0.05) is 41.1 Å². The van der Waals surface area contributed by atoms with Crippen molar-refractivity contribution >= 4 is 34.2 Å². The summed E-state index contributed by atoms with van der Waals surface area (Å²) in [6, 6.07) is 6.71. The van der Waals surface area contributed by atoms with Gasteiger partial charge in [0.25, 0.3) is 11.8 Å². The number of aryl methyl sites for hydroxylation is 1. The number of carbonyl (C=O) groups is 3. The number of amides is 3. The second-order valence-electron chi connectivity index (χ2n) is 8.63. The van der Waals surface area contributed by atoms with Gasteiger partial charge < -0.3 is 15.5 Å². The highest BCUT2D eigenvalue weighted by molar-refractivity contribution is 7.13. The van der Waals surface area contributed by atoms with Crippen LogP contribution >= 0.6 is 11.3 Å². The van der Waals surface area contributed by atoms with Crippen molar-refractivity contribution in [3.8, 4) is 0 Å². The molecule has 0 saturated carbocycles. The SMILES string of the molecule is Cc1csc(NC(=O)C2CCN(C(=O)c3ccc(C(=O)NC(C)(C)C)cc3)CC2)n1. The monoisotopic (exact) mass is 428 g/mol. The van der Waals surface area contributed by atoms with Gasteiger partial charge in [0.1, 0.15) is 0 Å². The Morgan fingerprint density at radius 3 is 2.20 bits per heavy atom. The first-order chi connectivity index (χ1) is 14.1. The number of hydrogen-bond acceptors (Lipinski definition) is 5. The number of anilines is 1. The molecule has 3 rings (SSSR count). The molecule has 30 heavy (non-hydrogen) atoms. The predicted molar refractivity (Wildman–Crippen MR) is 118 cm³/mol. The molecule has 1 aromatic heterocycles. The van der Waals surface area contributed by atoms with Crippen LogP contribution in [0.5, 0.6) is 0 Å². The molecule has 8 heteroatoms. The lowest BCUT2D eigenvalue weighted by atomic mass is 9.95. The zero-order valence-corrected chi connectivity index (χ0v) is 18.6. The van der Waals surface area contributed by atoms with Crippen molar-refractivity contribution in [2.24, 2.45) is 5.92 Å². The summed E-state index contributed by atoms with van der Waals surface area (Å²) in [5.41, 5.74) is 1.64. The number of piperidine rings is 1. The summed E-state index contributed by atoms with van der Waals surface area (Å²) in [4.78, 5) is 43.5. The third kappa shape index (κ3) is 5.66. The van der Waals surface area contributed by atoms with Crippen molar-refractivity contribution in [1.29, 1.82) is 0 Å². The molecule has 1 saturated heterocycles. The number of benzene rings is 1. The molecule has 0 aliphatic carbocycles. The summed E-state index contributed by atoms with van der Waals surface area (Å²) < 4.78 is 0. The molecule has 3 amide bonds. The van der Waals surface area contributed by atoms with Crippen LogP contribution in [0.25, 0.3) is 0 Å². The van der Waals surface area contributed by atoms with E-state index in [1.807, 2.05) is 33.1 Å². The number of likely N-dealkylation sites (tertiary alicyclic amines) is 1. The molecule has 160 valence electrons. The van der Waals surface area contributed by atoms with E-state index in [1.165, 1.54) is 11.3 Å². The average molecular weight is 429 g/mol. The van der Waals surface area contributed by atoms with Crippen LogP contribution < -0.4 is 10.6 Å². The zero-order chi connectivity index (χ0) is 21.9. The Bertz CT molecular complexity index is 923. The maximum Gasteiger partial charge on any atom is 0.253 e. The minimum atomic E-state index is -0.319. The molecule has 1 fully saturated rings. The van der Waals surface area contributed by atoms with Crippen LogP contribution in [0.2, 0.25) is 0 Å². The van der Waals surface area contributed by atoms with Crippen LogP contribution in [0.3, 0.4) is 0 Å². The normalized spacial score (nSPS) is 15.0. The second kappa shape index (κ2) is 8.95. The van der Waals surface area contributed by atoms with Crippen molar-refractivity contribution in [2.75, 3.05) is 18.4 Å². The third-order valence-electron chi connectivity index (χ3n) is 4.88. The molecule has 1 aliphatic heterocycles. The Labute approximate surface area is 180 Å². The molecular formula is C22H28N4O3S. The third-order valence-corrected chi connectivity index (χ3v) is 5.76. The summed E-state index contributed by atoms with van der Waals surface area (Å²) in [6.07, 6.45) is 1.24. The smallest absolute Gasteiger partial charge is 0.253 e. The van der Waals surface area contributed by atoms with Crippen molar-refractivity contribution in [3.05, 3.63) is 46.5 Å². The molecule has 2 N–H and O–H groups in total. The first-order valence-electron chi connectivity index (χ1n) is 10.1. The lowest BCUT2D eigenvalue weighted by molar-refractivity contribution is -0.121. The van der Waals surface area contributed by atoms with E-state index in [-0.39, 0.29) is 29.2 Å². The maximum absolute atomic E-state index is 12.8. The van der Waals surface area contributed by atoms with Crippen LogP contribution in [0, 0.1) is 12.8 Å². The Hall–Kier alpha value is -2.74. The highest BCUT2D eigenvalue weighted by Crippen LogP contribution is 2.22. The number of aromatic nitrogens is 1. The molecule has 2 heterocycles. The molecular weight excluding hydrogens is 400 g/mol. The van der Waals surface area contributed by atoms with Crippen LogP contribution in [-0.4, -0.2) is 46.2 Å². The van der Waals surface area contributed by atoms with Gasteiger partial charge in [-0.1, -0.05) is 0 Å². The van der Waals surface area contributed by atoms with E-state index in [1.54, 1.807) is 29.2 Å². The first kappa shape index (κ1) is 22.0. The van der Waals surface area contributed by atoms with Crippen LogP contribution in [0.1, 0.15) is 60.0 Å². The van der Waals surface area contributed by atoms with Crippen LogP contribution in [0.15, 0.2) is 29.6 Å². The van der Waals surface area contributed by atoms with Gasteiger partial charge in [0.15, 0.2) is 5.13 Å². The van der Waals surface area contributed by atoms with E-state index in [2.05, 4.69) is 15.6 Å². The van der Waals surface area contributed by atoms with Crippen LogP contribution in [-0.2, 0) is 4.79 Å². The molecule has 0 bridgehead atoms. The van der Waals surface area contributed by atoms with E-state index in [9.17, 15) is 14.4 Å². The largest absolute Gasteiger partial charge is 0.347 e. The lowest BCUT2D eigenvalue weighted by Crippen LogP contribution is -2.41. The van der Waals surface area contributed by atoms with E-state index >= 15 is 0 Å². The minimum Gasteiger partial charge on any atom is -0.347 e. The van der Waals surface area contributed by atoms with E-state index in [0.717, 1.165) is 5.69 Å². The van der Waals surface area contributed by atoms with Crippen LogP contribution in [0.4, 0.5) is 5.13 Å². The number of carbonyl (C=O) groups excluding carboxylic acids is 3. The fourth-order valence-electron chi connectivity index (χ4n) is 3.32. The number of nitrogens with one attached hydrogen (secondary N) is 2. The van der Waals surface area contributed by atoms with Gasteiger partial charge in [0.05, 0.1) is 5.69 Å². The first-order valence-corrected chi connectivity index (χ1v) is 11.0. The van der Waals surface area contributed by atoms with Gasteiger partial charge in [0.2, 0.25) is 5.91 Å². The summed E-state index contributed by atoms with van der Waals surface area (Å²) in [5, 5.41) is 8.29. The molecule has 1 aliphatic rings. The summed E-state index contributed by atoms with van der Waals surface area (Å²) in [7, 11) is 0. The van der Waals surface area contributed by atoms with E-state index < -0.39 is 0 Å². The number of thiazole rings is 1. The van der Waals surface area contributed by atoms with Gasteiger partial charge >= 0.3 is 0 Å². The summed E-state index contributed by atoms with van der Waals surface area (Å²) >= 11 is 1.41. The Kier molecular flexibility index (Phi) is 6.55. The van der Waals surface area contributed by atoms with Crippen molar-refractivity contribution in [1.82, 2.24) is 15.2 Å². The molecule has 0 radical (unpaired) electrons. The molecule has 0 spiro atoms. The highest BCUT2D eigenvalue weighted by Gasteiger charge is 2.28. The standard InChI is InChI=1S/C22H28N4O3S/c1-14-13-30-21(23-14)24-18(27)16-9-11-26(12-10-16)20(29)17-7-5-15(6-8-17)19(28)25-22(2,3)4/h5-8,13,16H,9-12H2,1-4H3,(H,25,28)(H,23,24,27). The van der Waals surface area contributed by atoms with Gasteiger partial charge in [-0.3, -0.25) is 14.4 Å².